The number of fused-ring (bicyclic) bond motifs is 1. The van der Waals surface area contributed by atoms with Gasteiger partial charge >= 0.3 is 330 Å². The molecule has 0 amide bonds. The van der Waals surface area contributed by atoms with Crippen molar-refractivity contribution in [2.24, 2.45) is 0 Å². The third kappa shape index (κ3) is 6.78. The van der Waals surface area contributed by atoms with Crippen LogP contribution in [0.5, 0.6) is 0 Å². The van der Waals surface area contributed by atoms with Crippen LogP contribution in [0.2, 0.25) is 0 Å². The van der Waals surface area contributed by atoms with Gasteiger partial charge in [0.05, 0.1) is 0 Å². The number of allylic oxidation sites excluding steroid dienone is 3. The van der Waals surface area contributed by atoms with Crippen LogP contribution in [0.3, 0.4) is 0 Å². The van der Waals surface area contributed by atoms with E-state index in [2.05, 4.69) is 208 Å². The van der Waals surface area contributed by atoms with Gasteiger partial charge in [-0.15, -0.1) is 0 Å². The van der Waals surface area contributed by atoms with Crippen molar-refractivity contribution in [2.45, 2.75) is 43.9 Å². The Morgan fingerprint density at radius 2 is 0.981 bits per heavy atom. The Bertz CT molecular complexity index is 2130. The van der Waals surface area contributed by atoms with Crippen LogP contribution in [-0.2, 0) is 18.7 Å². The first-order valence-electron chi connectivity index (χ1n) is 18.2. The van der Waals surface area contributed by atoms with Crippen LogP contribution in [0.4, 0.5) is 5.69 Å². The molecule has 0 fully saturated rings. The predicted octanol–water partition coefficient (Wildman–Crippen LogP) is 12.4. The maximum absolute atomic E-state index is 7.32. The van der Waals surface area contributed by atoms with E-state index in [1.54, 1.807) is 0 Å². The molecule has 4 heteroatoms. The molecule has 2 aliphatic rings. The molecule has 0 aliphatic carbocycles. The van der Waals surface area contributed by atoms with Gasteiger partial charge in [0, 0.05) is 0 Å². The van der Waals surface area contributed by atoms with Crippen LogP contribution in [0.15, 0.2) is 176 Å². The summed E-state index contributed by atoms with van der Waals surface area (Å²) in [4.78, 5) is 5.04. The molecule has 0 aromatic heterocycles. The Kier molecular flexibility index (Phi) is 10.1. The third-order valence-corrected chi connectivity index (χ3v) is 13.0. The number of rotatable bonds is 9. The second-order valence-electron chi connectivity index (χ2n) is 14.2. The summed E-state index contributed by atoms with van der Waals surface area (Å²) in [5, 5.41) is 0. The minimum absolute atomic E-state index is 0.00550. The molecule has 1 unspecified atom stereocenters. The van der Waals surface area contributed by atoms with Crippen LogP contribution < -0.4 is 4.90 Å². The Morgan fingerprint density at radius 3 is 1.40 bits per heavy atom. The number of aryl methyl sites for hydroxylation is 4. The number of anilines is 1. The van der Waals surface area contributed by atoms with Crippen molar-refractivity contribution in [3.8, 4) is 0 Å². The molecule has 267 valence electrons. The molecule has 0 spiro atoms. The maximum atomic E-state index is 7.32. The molecular formula is C49H43AuClN2. The summed E-state index contributed by atoms with van der Waals surface area (Å²) in [7, 11) is 7.32. The average Bonchev–Trinajstić information content (AvgIpc) is 3.55. The fourth-order valence-corrected chi connectivity index (χ4v) is 11.0. The zero-order valence-corrected chi connectivity index (χ0v) is 33.4. The van der Waals surface area contributed by atoms with Crippen molar-refractivity contribution in [2.75, 3.05) is 4.90 Å². The Labute approximate surface area is 327 Å². The van der Waals surface area contributed by atoms with Crippen molar-refractivity contribution in [1.82, 2.24) is 4.90 Å². The second-order valence-corrected chi connectivity index (χ2v) is 16.8. The van der Waals surface area contributed by atoms with E-state index in [1.165, 1.54) is 72.6 Å². The first kappa shape index (κ1) is 35.2. The van der Waals surface area contributed by atoms with Crippen LogP contribution in [0, 0.1) is 27.7 Å². The second kappa shape index (κ2) is 15.3. The summed E-state index contributed by atoms with van der Waals surface area (Å²) in [6, 6.07) is 53.4. The normalized spacial score (nSPS) is 15.3. The van der Waals surface area contributed by atoms with E-state index in [1.807, 2.05) is 0 Å². The molecule has 2 heterocycles. The number of nitrogens with zero attached hydrogens (tertiary/aromatic N) is 2. The molecule has 2 aliphatic heterocycles. The summed E-state index contributed by atoms with van der Waals surface area (Å²) in [5.74, 6) is -0.0110. The van der Waals surface area contributed by atoms with E-state index in [-0.39, 0.29) is 16.2 Å². The molecule has 0 N–H and O–H groups in total. The SMILES string of the molecule is Cc1cc(C)c(C2=CC=CC3=CN(c4c(C(c5ccccc5)c5ccccc5)cc(C)cc4C(c4ccccc4)c4ccccc4)[CH]([Au][Cl])N32)c(C)c1. The Balaban J connectivity index is 1.42. The van der Waals surface area contributed by atoms with Crippen molar-refractivity contribution in [3.63, 3.8) is 0 Å². The molecule has 1 atom stereocenters. The van der Waals surface area contributed by atoms with Gasteiger partial charge in [0.1, 0.15) is 0 Å². The summed E-state index contributed by atoms with van der Waals surface area (Å²) in [6.07, 6.45) is 9.09. The Morgan fingerprint density at radius 1 is 0.566 bits per heavy atom. The van der Waals surface area contributed by atoms with Gasteiger partial charge in [0.15, 0.2) is 0 Å². The zero-order chi connectivity index (χ0) is 36.5. The molecule has 0 saturated carbocycles. The Hall–Kier alpha value is -4.83. The fourth-order valence-electron chi connectivity index (χ4n) is 8.45. The van der Waals surface area contributed by atoms with E-state index >= 15 is 0 Å². The van der Waals surface area contributed by atoms with E-state index in [4.69, 9.17) is 9.19 Å². The molecule has 0 saturated heterocycles. The van der Waals surface area contributed by atoms with Crippen LogP contribution in [-0.4, -0.2) is 9.28 Å². The predicted molar refractivity (Wildman–Crippen MR) is 219 cm³/mol. The average molecular weight is 892 g/mol. The van der Waals surface area contributed by atoms with E-state index in [0.29, 0.717) is 0 Å². The summed E-state index contributed by atoms with van der Waals surface area (Å²) >= 11 is -0.704. The molecule has 0 radical (unpaired) electrons. The van der Waals surface area contributed by atoms with E-state index < -0.39 is 18.7 Å². The van der Waals surface area contributed by atoms with E-state index in [0.717, 1.165) is 5.70 Å². The third-order valence-electron chi connectivity index (χ3n) is 10.4. The van der Waals surface area contributed by atoms with Gasteiger partial charge in [0.2, 0.25) is 0 Å². The molecule has 6 aromatic rings. The van der Waals surface area contributed by atoms with E-state index in [9.17, 15) is 0 Å². The van der Waals surface area contributed by atoms with Gasteiger partial charge in [-0.3, -0.25) is 0 Å². The monoisotopic (exact) mass is 891 g/mol. The molecule has 53 heavy (non-hydrogen) atoms. The molecular weight excluding hydrogens is 849 g/mol. The molecule has 6 aromatic carbocycles. The zero-order valence-electron chi connectivity index (χ0n) is 30.5. The van der Waals surface area contributed by atoms with Crippen LogP contribution >= 0.6 is 9.19 Å². The van der Waals surface area contributed by atoms with Crippen molar-refractivity contribution in [1.29, 1.82) is 0 Å². The molecule has 2 nitrogen and oxygen atoms in total. The minimum atomic E-state index is -0.704. The number of benzene rings is 6. The van der Waals surface area contributed by atoms with Gasteiger partial charge in [-0.05, 0) is 0 Å². The van der Waals surface area contributed by atoms with Gasteiger partial charge < -0.3 is 0 Å². The topological polar surface area (TPSA) is 6.48 Å². The number of halogens is 1. The van der Waals surface area contributed by atoms with Crippen LogP contribution in [0.25, 0.3) is 5.70 Å². The van der Waals surface area contributed by atoms with Crippen molar-refractivity contribution < 1.29 is 18.7 Å². The first-order valence-corrected chi connectivity index (χ1v) is 22.1. The summed E-state index contributed by atoms with van der Waals surface area (Å²) in [5.41, 5.74) is 17.6. The standard InChI is InChI=1S/C49H43N2.Au.ClH/c1-34-28-36(3)46(37(4)29-34)45-27-17-26-42-32-50(33-51(42)45)49-43(47(38-18-9-5-10-19-38)39-20-11-6-12-21-39)30-35(2)31-44(49)48(40-22-13-7-14-23-40)41-24-15-8-16-25-41;;/h5-33,47-48H,1-4H3;;1H/q;+1;/p-1. The number of hydrogen-bond acceptors (Lipinski definition) is 2. The van der Waals surface area contributed by atoms with Crippen molar-refractivity contribution in [3.05, 3.63) is 237 Å². The van der Waals surface area contributed by atoms with Crippen molar-refractivity contribution >= 4 is 20.6 Å². The van der Waals surface area contributed by atoms with Gasteiger partial charge in [-0.1, -0.05) is 0 Å². The van der Waals surface area contributed by atoms with Gasteiger partial charge in [-0.2, -0.15) is 0 Å². The fraction of sp³-hybridized carbons (Fsp3) is 0.143. The molecule has 8 rings (SSSR count). The van der Waals surface area contributed by atoms with Crippen LogP contribution in [0.1, 0.15) is 73.0 Å². The number of hydrogen-bond donors (Lipinski definition) is 0. The summed E-state index contributed by atoms with van der Waals surface area (Å²) in [6.45, 7) is 8.90. The molecule has 0 bridgehead atoms. The first-order chi connectivity index (χ1) is 25.9. The quantitative estimate of drug-likeness (QED) is 0.105. The van der Waals surface area contributed by atoms with Gasteiger partial charge in [-0.25, -0.2) is 0 Å². The summed E-state index contributed by atoms with van der Waals surface area (Å²) < 4.78 is -0.0671. The van der Waals surface area contributed by atoms with Gasteiger partial charge in [0.25, 0.3) is 0 Å².